The second-order valence-corrected chi connectivity index (χ2v) is 8.89. The second kappa shape index (κ2) is 8.84. The maximum absolute atomic E-state index is 13.2. The Morgan fingerprint density at radius 1 is 1.19 bits per heavy atom. The molecule has 3 rings (SSSR count). The van der Waals surface area contributed by atoms with Gasteiger partial charge in [0, 0.05) is 12.6 Å². The molecular formula is C21H22FN5O3S. The lowest BCUT2D eigenvalue weighted by Crippen LogP contribution is -2.15. The monoisotopic (exact) mass is 443 g/mol. The molecule has 3 aromatic rings. The number of halogens is 1. The van der Waals surface area contributed by atoms with Crippen LogP contribution >= 0.6 is 11.8 Å². The van der Waals surface area contributed by atoms with Gasteiger partial charge in [-0.05, 0) is 23.1 Å². The van der Waals surface area contributed by atoms with Crippen LogP contribution in [0.4, 0.5) is 15.8 Å². The summed E-state index contributed by atoms with van der Waals surface area (Å²) in [4.78, 5) is 22.6. The topological polar surface area (TPSA) is 103 Å². The number of hydrogen-bond acceptors (Lipinski definition) is 6. The van der Waals surface area contributed by atoms with Gasteiger partial charge in [0.1, 0.15) is 11.5 Å². The van der Waals surface area contributed by atoms with Gasteiger partial charge in [-0.2, -0.15) is 0 Å². The van der Waals surface area contributed by atoms with E-state index >= 15 is 0 Å². The quantitative estimate of drug-likeness (QED) is 0.340. The zero-order valence-corrected chi connectivity index (χ0v) is 18.4. The van der Waals surface area contributed by atoms with Gasteiger partial charge < -0.3 is 9.88 Å². The van der Waals surface area contributed by atoms with Crippen LogP contribution in [0.3, 0.4) is 0 Å². The molecule has 0 saturated heterocycles. The van der Waals surface area contributed by atoms with Crippen molar-refractivity contribution in [3.8, 4) is 11.4 Å². The SMILES string of the molecule is Cn1c(SCC(=O)Nc2ccc(F)cc2[N+](=O)[O-])nnc1-c1ccc(C(C)(C)C)cc1. The summed E-state index contributed by atoms with van der Waals surface area (Å²) in [6, 6.07) is 11.1. The Hall–Kier alpha value is -3.27. The molecule has 0 aliphatic rings. The van der Waals surface area contributed by atoms with Crippen molar-refractivity contribution in [2.45, 2.75) is 31.3 Å². The lowest BCUT2D eigenvalue weighted by Gasteiger charge is -2.19. The molecule has 31 heavy (non-hydrogen) atoms. The van der Waals surface area contributed by atoms with Crippen molar-refractivity contribution in [1.29, 1.82) is 0 Å². The third-order valence-corrected chi connectivity index (χ3v) is 5.63. The molecule has 10 heteroatoms. The van der Waals surface area contributed by atoms with Crippen LogP contribution in [0.15, 0.2) is 47.6 Å². The number of nitrogens with one attached hydrogen (secondary N) is 1. The highest BCUT2D eigenvalue weighted by Gasteiger charge is 2.19. The second-order valence-electron chi connectivity index (χ2n) is 7.95. The maximum Gasteiger partial charge on any atom is 0.295 e. The van der Waals surface area contributed by atoms with E-state index in [0.717, 1.165) is 35.5 Å². The number of benzene rings is 2. The van der Waals surface area contributed by atoms with Crippen LogP contribution in [0.1, 0.15) is 26.3 Å². The summed E-state index contributed by atoms with van der Waals surface area (Å²) in [5.41, 5.74) is 1.60. The van der Waals surface area contributed by atoms with Gasteiger partial charge in [0.05, 0.1) is 16.7 Å². The van der Waals surface area contributed by atoms with Crippen molar-refractivity contribution in [1.82, 2.24) is 14.8 Å². The van der Waals surface area contributed by atoms with Crippen molar-refractivity contribution in [2.75, 3.05) is 11.1 Å². The molecule has 2 aromatic carbocycles. The van der Waals surface area contributed by atoms with Crippen molar-refractivity contribution in [3.05, 3.63) is 64.0 Å². The Labute approximate surface area is 183 Å². The molecule has 0 spiro atoms. The predicted octanol–water partition coefficient (Wildman–Crippen LogP) is 4.56. The lowest BCUT2D eigenvalue weighted by molar-refractivity contribution is -0.384. The molecular weight excluding hydrogens is 421 g/mol. The van der Waals surface area contributed by atoms with E-state index in [2.05, 4.69) is 48.4 Å². The molecule has 0 radical (unpaired) electrons. The minimum atomic E-state index is -0.749. The average molecular weight is 444 g/mol. The zero-order chi connectivity index (χ0) is 22.8. The number of aromatic nitrogens is 3. The van der Waals surface area contributed by atoms with E-state index in [1.807, 2.05) is 12.1 Å². The Balaban J connectivity index is 1.68. The highest BCUT2D eigenvalue weighted by molar-refractivity contribution is 7.99. The molecule has 0 unspecified atom stereocenters. The smallest absolute Gasteiger partial charge is 0.295 e. The number of amides is 1. The summed E-state index contributed by atoms with van der Waals surface area (Å²) in [5, 5.41) is 22.4. The first-order chi connectivity index (χ1) is 14.6. The van der Waals surface area contributed by atoms with Gasteiger partial charge in [0.15, 0.2) is 11.0 Å². The summed E-state index contributed by atoms with van der Waals surface area (Å²) < 4.78 is 15.0. The molecule has 0 saturated carbocycles. The van der Waals surface area contributed by atoms with Gasteiger partial charge in [-0.1, -0.05) is 56.8 Å². The first kappa shape index (κ1) is 22.4. The zero-order valence-electron chi connectivity index (χ0n) is 17.5. The van der Waals surface area contributed by atoms with E-state index in [9.17, 15) is 19.3 Å². The first-order valence-electron chi connectivity index (χ1n) is 9.43. The van der Waals surface area contributed by atoms with Gasteiger partial charge in [0.2, 0.25) is 5.91 Å². The number of carbonyl (C=O) groups is 1. The van der Waals surface area contributed by atoms with E-state index in [4.69, 9.17) is 0 Å². The Morgan fingerprint density at radius 3 is 2.48 bits per heavy atom. The van der Waals surface area contributed by atoms with Crippen LogP contribution < -0.4 is 5.32 Å². The van der Waals surface area contributed by atoms with E-state index < -0.39 is 22.3 Å². The van der Waals surface area contributed by atoms with Gasteiger partial charge in [-0.3, -0.25) is 14.9 Å². The third kappa shape index (κ3) is 5.26. The molecule has 0 aliphatic carbocycles. The molecule has 1 aromatic heterocycles. The number of anilines is 1. The summed E-state index contributed by atoms with van der Waals surface area (Å²) in [6.07, 6.45) is 0. The molecule has 162 valence electrons. The van der Waals surface area contributed by atoms with E-state index in [-0.39, 0.29) is 16.9 Å². The van der Waals surface area contributed by atoms with E-state index in [0.29, 0.717) is 11.0 Å². The van der Waals surface area contributed by atoms with Gasteiger partial charge in [-0.25, -0.2) is 4.39 Å². The van der Waals surface area contributed by atoms with Crippen molar-refractivity contribution in [2.24, 2.45) is 7.05 Å². The fourth-order valence-corrected chi connectivity index (χ4v) is 3.60. The van der Waals surface area contributed by atoms with Crippen LogP contribution in [0.25, 0.3) is 11.4 Å². The van der Waals surface area contributed by atoms with Crippen molar-refractivity contribution < 1.29 is 14.1 Å². The summed E-state index contributed by atoms with van der Waals surface area (Å²) in [7, 11) is 1.80. The normalized spacial score (nSPS) is 11.4. The van der Waals surface area contributed by atoms with Crippen LogP contribution in [-0.2, 0) is 17.3 Å². The van der Waals surface area contributed by atoms with Crippen LogP contribution in [0, 0.1) is 15.9 Å². The maximum atomic E-state index is 13.2. The Bertz CT molecular complexity index is 1120. The predicted molar refractivity (Wildman–Crippen MR) is 118 cm³/mol. The first-order valence-corrected chi connectivity index (χ1v) is 10.4. The molecule has 0 bridgehead atoms. The molecule has 1 N–H and O–H groups in total. The number of nitrogens with zero attached hydrogens (tertiary/aromatic N) is 4. The largest absolute Gasteiger partial charge is 0.320 e. The molecule has 0 atom stereocenters. The fourth-order valence-electron chi connectivity index (χ4n) is 2.89. The molecule has 8 nitrogen and oxygen atoms in total. The van der Waals surface area contributed by atoms with Crippen molar-refractivity contribution >= 4 is 29.0 Å². The molecule has 0 fully saturated rings. The number of nitro groups is 1. The molecule has 1 amide bonds. The minimum absolute atomic E-state index is 0.0382. The van der Waals surface area contributed by atoms with E-state index in [1.54, 1.807) is 11.6 Å². The van der Waals surface area contributed by atoms with Gasteiger partial charge in [-0.15, -0.1) is 10.2 Å². The average Bonchev–Trinajstić information content (AvgIpc) is 3.07. The number of rotatable bonds is 6. The highest BCUT2D eigenvalue weighted by Crippen LogP contribution is 2.28. The fraction of sp³-hybridized carbons (Fsp3) is 0.286. The Morgan fingerprint density at radius 2 is 1.87 bits per heavy atom. The summed E-state index contributed by atoms with van der Waals surface area (Å²) in [6.45, 7) is 6.43. The van der Waals surface area contributed by atoms with Crippen molar-refractivity contribution in [3.63, 3.8) is 0 Å². The number of hydrogen-bond donors (Lipinski definition) is 1. The van der Waals surface area contributed by atoms with Gasteiger partial charge >= 0.3 is 0 Å². The third-order valence-electron chi connectivity index (χ3n) is 4.61. The highest BCUT2D eigenvalue weighted by atomic mass is 32.2. The van der Waals surface area contributed by atoms with E-state index in [1.165, 1.54) is 5.56 Å². The molecule has 1 heterocycles. The number of carbonyl (C=O) groups excluding carboxylic acids is 1. The number of nitro benzene ring substituents is 1. The number of thioether (sulfide) groups is 1. The van der Waals surface area contributed by atoms with Crippen LogP contribution in [0.2, 0.25) is 0 Å². The summed E-state index contributed by atoms with van der Waals surface area (Å²) in [5.74, 6) is -0.596. The van der Waals surface area contributed by atoms with Gasteiger partial charge in [0.25, 0.3) is 5.69 Å². The van der Waals surface area contributed by atoms with Crippen LogP contribution in [-0.4, -0.2) is 31.3 Å². The lowest BCUT2D eigenvalue weighted by atomic mass is 9.87. The Kier molecular flexibility index (Phi) is 6.40. The summed E-state index contributed by atoms with van der Waals surface area (Å²) >= 11 is 1.15. The minimum Gasteiger partial charge on any atom is -0.320 e. The molecule has 0 aliphatic heterocycles. The standard InChI is InChI=1S/C21H22FN5O3S/c1-21(2,3)14-7-5-13(6-8-14)19-24-25-20(26(19)4)31-12-18(28)23-16-10-9-15(22)11-17(16)27(29)30/h5-11H,12H2,1-4H3,(H,23,28). The van der Waals surface area contributed by atoms with Crippen LogP contribution in [0.5, 0.6) is 0 Å².